The second-order valence-electron chi connectivity index (χ2n) is 6.82. The van der Waals surface area contributed by atoms with Gasteiger partial charge in [-0.1, -0.05) is 52.8 Å². The average molecular weight is 438 g/mol. The summed E-state index contributed by atoms with van der Waals surface area (Å²) in [6.45, 7) is 4.46. The fourth-order valence-corrected chi connectivity index (χ4v) is 2.95. The molecular formula is C24H26N2O6. The van der Waals surface area contributed by atoms with Crippen molar-refractivity contribution in [2.75, 3.05) is 19.8 Å². The van der Waals surface area contributed by atoms with E-state index in [1.165, 1.54) is 0 Å². The molecule has 0 aliphatic carbocycles. The molecule has 1 N–H and O–H groups in total. The van der Waals surface area contributed by atoms with Crippen molar-refractivity contribution >= 4 is 11.7 Å². The van der Waals surface area contributed by atoms with E-state index in [2.05, 4.69) is 10.3 Å². The van der Waals surface area contributed by atoms with Crippen LogP contribution < -0.4 is 4.74 Å². The zero-order chi connectivity index (χ0) is 22.8. The van der Waals surface area contributed by atoms with Gasteiger partial charge in [-0.2, -0.15) is 0 Å². The molecule has 0 spiro atoms. The SMILES string of the molecule is CCO/N=C(\COc1ccc(CC(OCC)C(=O)O)cc1)c1cc(-c2ccccc2)no1. The highest BCUT2D eigenvalue weighted by atomic mass is 16.6. The van der Waals surface area contributed by atoms with Gasteiger partial charge in [0.05, 0.1) is 0 Å². The molecule has 0 aliphatic rings. The number of benzene rings is 2. The summed E-state index contributed by atoms with van der Waals surface area (Å²) >= 11 is 0. The van der Waals surface area contributed by atoms with E-state index in [0.717, 1.165) is 11.1 Å². The number of oxime groups is 1. The number of carboxylic acids is 1. The normalized spacial score (nSPS) is 12.4. The zero-order valence-electron chi connectivity index (χ0n) is 18.1. The Morgan fingerprint density at radius 3 is 2.50 bits per heavy atom. The van der Waals surface area contributed by atoms with Gasteiger partial charge in [0.1, 0.15) is 24.7 Å². The second-order valence-corrected chi connectivity index (χ2v) is 6.82. The largest absolute Gasteiger partial charge is 0.487 e. The van der Waals surface area contributed by atoms with E-state index in [0.29, 0.717) is 36.1 Å². The molecule has 1 unspecified atom stereocenters. The van der Waals surface area contributed by atoms with Crippen LogP contribution in [0.25, 0.3) is 11.3 Å². The van der Waals surface area contributed by atoms with E-state index in [4.69, 9.17) is 18.8 Å². The molecule has 0 aliphatic heterocycles. The molecule has 1 heterocycles. The minimum atomic E-state index is -0.981. The number of aliphatic carboxylic acids is 1. The van der Waals surface area contributed by atoms with Crippen LogP contribution >= 0.6 is 0 Å². The van der Waals surface area contributed by atoms with Gasteiger partial charge in [0, 0.05) is 24.7 Å². The molecule has 0 bridgehead atoms. The number of ether oxygens (including phenoxy) is 2. The summed E-state index contributed by atoms with van der Waals surface area (Å²) in [6, 6.07) is 18.6. The Balaban J connectivity index is 1.66. The van der Waals surface area contributed by atoms with Crippen molar-refractivity contribution in [3.05, 3.63) is 72.0 Å². The quantitative estimate of drug-likeness (QED) is 0.334. The average Bonchev–Trinajstić information content (AvgIpc) is 3.30. The van der Waals surface area contributed by atoms with Crippen molar-refractivity contribution in [2.24, 2.45) is 5.16 Å². The van der Waals surface area contributed by atoms with Crippen LogP contribution in [0.4, 0.5) is 0 Å². The summed E-state index contributed by atoms with van der Waals surface area (Å²) in [7, 11) is 0. The molecule has 0 fully saturated rings. The van der Waals surface area contributed by atoms with Gasteiger partial charge in [-0.25, -0.2) is 4.79 Å². The topological polar surface area (TPSA) is 103 Å². The van der Waals surface area contributed by atoms with Crippen molar-refractivity contribution < 1.29 is 28.7 Å². The van der Waals surface area contributed by atoms with Gasteiger partial charge >= 0.3 is 5.97 Å². The molecule has 0 radical (unpaired) electrons. The van der Waals surface area contributed by atoms with Crippen LogP contribution in [0.1, 0.15) is 25.2 Å². The molecule has 0 saturated carbocycles. The molecule has 8 nitrogen and oxygen atoms in total. The van der Waals surface area contributed by atoms with Crippen LogP contribution in [0.15, 0.2) is 70.3 Å². The van der Waals surface area contributed by atoms with E-state index in [9.17, 15) is 9.90 Å². The lowest BCUT2D eigenvalue weighted by molar-refractivity contribution is -0.149. The molecule has 0 saturated heterocycles. The van der Waals surface area contributed by atoms with Gasteiger partial charge < -0.3 is 23.9 Å². The molecule has 1 atom stereocenters. The lowest BCUT2D eigenvalue weighted by Crippen LogP contribution is -2.26. The third kappa shape index (κ3) is 6.42. The summed E-state index contributed by atoms with van der Waals surface area (Å²) in [5, 5.41) is 17.4. The van der Waals surface area contributed by atoms with Crippen LogP contribution in [0, 0.1) is 0 Å². The number of rotatable bonds is 12. The van der Waals surface area contributed by atoms with Crippen LogP contribution in [0.2, 0.25) is 0 Å². The highest BCUT2D eigenvalue weighted by molar-refractivity contribution is 5.99. The summed E-state index contributed by atoms with van der Waals surface area (Å²) in [4.78, 5) is 16.5. The summed E-state index contributed by atoms with van der Waals surface area (Å²) < 4.78 is 16.6. The monoisotopic (exact) mass is 438 g/mol. The lowest BCUT2D eigenvalue weighted by atomic mass is 10.1. The zero-order valence-corrected chi connectivity index (χ0v) is 18.1. The predicted molar refractivity (Wildman–Crippen MR) is 119 cm³/mol. The highest BCUT2D eigenvalue weighted by Gasteiger charge is 2.18. The predicted octanol–water partition coefficient (Wildman–Crippen LogP) is 4.19. The van der Waals surface area contributed by atoms with E-state index in [1.807, 2.05) is 49.4 Å². The minimum absolute atomic E-state index is 0.111. The summed E-state index contributed by atoms with van der Waals surface area (Å²) in [5.41, 5.74) is 2.93. The van der Waals surface area contributed by atoms with Crippen LogP contribution in [-0.4, -0.2) is 47.9 Å². The van der Waals surface area contributed by atoms with E-state index < -0.39 is 12.1 Å². The van der Waals surface area contributed by atoms with Crippen molar-refractivity contribution in [3.8, 4) is 17.0 Å². The Bertz CT molecular complexity index is 1010. The summed E-state index contributed by atoms with van der Waals surface area (Å²) in [6.07, 6.45) is -0.595. The number of carboxylic acid groups (broad SMARTS) is 1. The van der Waals surface area contributed by atoms with Gasteiger partial charge in [-0.05, 0) is 31.5 Å². The maximum Gasteiger partial charge on any atom is 0.333 e. The van der Waals surface area contributed by atoms with E-state index in [-0.39, 0.29) is 13.0 Å². The first-order chi connectivity index (χ1) is 15.6. The van der Waals surface area contributed by atoms with Gasteiger partial charge in [-0.15, -0.1) is 0 Å². The molecule has 3 rings (SSSR count). The Kier molecular flexibility index (Phi) is 8.39. The molecule has 1 aromatic heterocycles. The summed E-state index contributed by atoms with van der Waals surface area (Å²) in [5.74, 6) is 0.0739. The molecule has 3 aromatic rings. The van der Waals surface area contributed by atoms with Crippen LogP contribution in [0.3, 0.4) is 0 Å². The fraction of sp³-hybridized carbons (Fsp3) is 0.292. The van der Waals surface area contributed by atoms with Gasteiger partial charge in [-0.3, -0.25) is 0 Å². The number of aromatic nitrogens is 1. The van der Waals surface area contributed by atoms with E-state index in [1.54, 1.807) is 25.1 Å². The Hall–Kier alpha value is -3.65. The fourth-order valence-electron chi connectivity index (χ4n) is 2.95. The van der Waals surface area contributed by atoms with Crippen LogP contribution in [-0.2, 0) is 20.8 Å². The molecule has 8 heteroatoms. The first-order valence-electron chi connectivity index (χ1n) is 10.4. The van der Waals surface area contributed by atoms with Gasteiger partial charge in [0.15, 0.2) is 17.6 Å². The van der Waals surface area contributed by atoms with Crippen molar-refractivity contribution in [1.82, 2.24) is 5.16 Å². The molecular weight excluding hydrogens is 412 g/mol. The van der Waals surface area contributed by atoms with Gasteiger partial charge in [0.2, 0.25) is 0 Å². The Labute approximate surface area is 186 Å². The van der Waals surface area contributed by atoms with Crippen molar-refractivity contribution in [3.63, 3.8) is 0 Å². The standard InChI is InChI=1S/C24H26N2O6/c1-3-29-23(24(27)28)14-17-10-12-19(13-11-17)30-16-21(25-31-4-2)22-15-20(26-32-22)18-8-6-5-7-9-18/h5-13,15,23H,3-4,14,16H2,1-2H3,(H,27,28)/b25-21+. The number of carbonyl (C=O) groups is 1. The van der Waals surface area contributed by atoms with Crippen molar-refractivity contribution in [2.45, 2.75) is 26.4 Å². The third-order valence-corrected chi connectivity index (χ3v) is 4.53. The van der Waals surface area contributed by atoms with Gasteiger partial charge in [0.25, 0.3) is 0 Å². The Morgan fingerprint density at radius 1 is 1.09 bits per heavy atom. The first-order valence-corrected chi connectivity index (χ1v) is 10.4. The van der Waals surface area contributed by atoms with E-state index >= 15 is 0 Å². The first kappa shape index (κ1) is 23.0. The lowest BCUT2D eigenvalue weighted by Gasteiger charge is -2.13. The second kappa shape index (κ2) is 11.7. The molecule has 2 aromatic carbocycles. The number of hydrogen-bond acceptors (Lipinski definition) is 7. The smallest absolute Gasteiger partial charge is 0.333 e. The minimum Gasteiger partial charge on any atom is -0.487 e. The molecule has 0 amide bonds. The van der Waals surface area contributed by atoms with Crippen LogP contribution in [0.5, 0.6) is 5.75 Å². The third-order valence-electron chi connectivity index (χ3n) is 4.53. The van der Waals surface area contributed by atoms with Crippen molar-refractivity contribution in [1.29, 1.82) is 0 Å². The maximum absolute atomic E-state index is 11.3. The number of hydrogen-bond donors (Lipinski definition) is 1. The Morgan fingerprint density at radius 2 is 1.84 bits per heavy atom. The highest BCUT2D eigenvalue weighted by Crippen LogP contribution is 2.20. The number of nitrogens with zero attached hydrogens (tertiary/aromatic N) is 2. The maximum atomic E-state index is 11.3. The molecule has 168 valence electrons. The molecule has 32 heavy (non-hydrogen) atoms.